The van der Waals surface area contributed by atoms with E-state index in [-0.39, 0.29) is 10.8 Å². The second-order valence-electron chi connectivity index (χ2n) is 18.5. The Morgan fingerprint density at radius 3 is 1.03 bits per heavy atom. The summed E-state index contributed by atoms with van der Waals surface area (Å²) in [5, 5.41) is 3.61. The van der Waals surface area contributed by atoms with Gasteiger partial charge in [-0.05, 0) is 111 Å². The summed E-state index contributed by atoms with van der Waals surface area (Å²) in [6.45, 7) is 12.8. The molecule has 8 rings (SSSR count). The third-order valence-corrected chi connectivity index (χ3v) is 12.8. The first-order valence-electron chi connectivity index (χ1n) is 22.0. The summed E-state index contributed by atoms with van der Waals surface area (Å²) in [5.41, 5.74) is -0.602. The van der Waals surface area contributed by atoms with Gasteiger partial charge >= 0.3 is 12.4 Å². The van der Waals surface area contributed by atoms with Crippen molar-refractivity contribution >= 4 is 55.7 Å². The van der Waals surface area contributed by atoms with Crippen molar-refractivity contribution in [3.63, 3.8) is 0 Å². The Morgan fingerprint density at radius 1 is 0.369 bits per heavy atom. The maximum absolute atomic E-state index is 15.8. The standard InChI is InChI=1S/C57H52F6N2/c1-7-38-54(5,6)42-24-32-46(33-25-42)65(52-21-13-17-40-15-9-11-19-50(40)52)48-36-28-44(29-37-48)55(56(58,59)60,57(61,62)63)43-26-34-47(35-27-43)64(45-30-22-41(23-31-45)53(2,3)4)51-20-12-16-39-14-8-10-18-49(39)51/h8-37H,7,38H2,1-6H3. The maximum atomic E-state index is 15.8. The van der Waals surface area contributed by atoms with Gasteiger partial charge in [0, 0.05) is 33.5 Å². The van der Waals surface area contributed by atoms with Crippen LogP contribution in [-0.2, 0) is 16.2 Å². The van der Waals surface area contributed by atoms with Crippen LogP contribution >= 0.6 is 0 Å². The van der Waals surface area contributed by atoms with Gasteiger partial charge in [-0.2, -0.15) is 26.3 Å². The van der Waals surface area contributed by atoms with E-state index in [2.05, 4.69) is 41.5 Å². The zero-order chi connectivity index (χ0) is 46.4. The number of anilines is 6. The van der Waals surface area contributed by atoms with Crippen LogP contribution in [0.3, 0.4) is 0 Å². The predicted octanol–water partition coefficient (Wildman–Crippen LogP) is 17.7. The normalized spacial score (nSPS) is 12.7. The van der Waals surface area contributed by atoms with Crippen LogP contribution in [0.2, 0.25) is 0 Å². The van der Waals surface area contributed by atoms with Crippen LogP contribution in [0.5, 0.6) is 0 Å². The highest BCUT2D eigenvalue weighted by molar-refractivity contribution is 6.00. The van der Waals surface area contributed by atoms with Crippen LogP contribution in [-0.4, -0.2) is 12.4 Å². The Balaban J connectivity index is 1.26. The molecule has 8 aromatic carbocycles. The summed E-state index contributed by atoms with van der Waals surface area (Å²) in [6.07, 6.45) is -9.58. The summed E-state index contributed by atoms with van der Waals surface area (Å²) in [7, 11) is 0. The van der Waals surface area contributed by atoms with E-state index in [1.165, 1.54) is 24.3 Å². The van der Waals surface area contributed by atoms with E-state index in [0.29, 0.717) is 22.7 Å². The third-order valence-electron chi connectivity index (χ3n) is 12.8. The number of rotatable bonds is 11. The quantitative estimate of drug-likeness (QED) is 0.119. The second-order valence-corrected chi connectivity index (χ2v) is 18.5. The molecule has 0 unspecified atom stereocenters. The van der Waals surface area contributed by atoms with Gasteiger partial charge in [0.25, 0.3) is 0 Å². The highest BCUT2D eigenvalue weighted by atomic mass is 19.4. The highest BCUT2D eigenvalue weighted by Gasteiger charge is 2.72. The number of halogens is 6. The molecule has 2 nitrogen and oxygen atoms in total. The van der Waals surface area contributed by atoms with Crippen molar-refractivity contribution in [2.24, 2.45) is 0 Å². The molecule has 0 aliphatic heterocycles. The predicted molar refractivity (Wildman–Crippen MR) is 257 cm³/mol. The fourth-order valence-corrected chi connectivity index (χ4v) is 9.31. The van der Waals surface area contributed by atoms with E-state index in [1.807, 2.05) is 143 Å². The Labute approximate surface area is 377 Å². The van der Waals surface area contributed by atoms with E-state index in [9.17, 15) is 0 Å². The van der Waals surface area contributed by atoms with Gasteiger partial charge in [-0.3, -0.25) is 0 Å². The average Bonchev–Trinajstić information content (AvgIpc) is 3.27. The number of alkyl halides is 6. The zero-order valence-corrected chi connectivity index (χ0v) is 37.4. The Morgan fingerprint density at radius 2 is 0.692 bits per heavy atom. The molecular formula is C57H52F6N2. The van der Waals surface area contributed by atoms with Gasteiger partial charge in [-0.15, -0.1) is 0 Å². The van der Waals surface area contributed by atoms with Gasteiger partial charge in [0.2, 0.25) is 5.41 Å². The summed E-state index contributed by atoms with van der Waals surface area (Å²) in [4.78, 5) is 3.76. The molecule has 8 heteroatoms. The first kappa shape index (κ1) is 45.0. The minimum Gasteiger partial charge on any atom is -0.310 e. The SMILES string of the molecule is CCCC(C)(C)c1ccc(N(c2ccc(C(c3ccc(N(c4ccc(C(C)(C)C)cc4)c4cccc5ccccc45)cc3)(C(F)(F)F)C(F)(F)F)cc2)c2cccc3ccccc23)cc1. The zero-order valence-electron chi connectivity index (χ0n) is 37.4. The molecular weight excluding hydrogens is 827 g/mol. The van der Waals surface area contributed by atoms with Crippen molar-refractivity contribution in [3.8, 4) is 0 Å². The monoisotopic (exact) mass is 878 g/mol. The van der Waals surface area contributed by atoms with Gasteiger partial charge in [0.05, 0.1) is 11.4 Å². The summed E-state index contributed by atoms with van der Waals surface area (Å²) >= 11 is 0. The summed E-state index contributed by atoms with van der Waals surface area (Å²) < 4.78 is 94.5. The molecule has 0 aliphatic carbocycles. The van der Waals surface area contributed by atoms with E-state index >= 15 is 26.3 Å². The van der Waals surface area contributed by atoms with Crippen LogP contribution in [0.25, 0.3) is 21.5 Å². The molecule has 0 spiro atoms. The molecule has 332 valence electrons. The van der Waals surface area contributed by atoms with E-state index in [1.54, 1.807) is 0 Å². The molecule has 0 amide bonds. The molecule has 0 bridgehead atoms. The Kier molecular flexibility index (Phi) is 11.9. The van der Waals surface area contributed by atoms with Crippen LogP contribution in [0.4, 0.5) is 60.5 Å². The molecule has 0 atom stereocenters. The van der Waals surface area contributed by atoms with Gasteiger partial charge in [-0.25, -0.2) is 0 Å². The molecule has 0 radical (unpaired) electrons. The first-order chi connectivity index (χ1) is 30.8. The average molecular weight is 879 g/mol. The maximum Gasteiger partial charge on any atom is 0.411 e. The number of fused-ring (bicyclic) bond motifs is 2. The molecule has 0 aliphatic rings. The van der Waals surface area contributed by atoms with Crippen LogP contribution in [0, 0.1) is 0 Å². The fraction of sp³-hybridized carbons (Fsp3) is 0.228. The lowest BCUT2D eigenvalue weighted by Crippen LogP contribution is -2.54. The highest BCUT2D eigenvalue weighted by Crippen LogP contribution is 2.57. The van der Waals surface area contributed by atoms with Crippen LogP contribution in [0.15, 0.2) is 182 Å². The van der Waals surface area contributed by atoms with Crippen LogP contribution in [0.1, 0.15) is 76.6 Å². The summed E-state index contributed by atoms with van der Waals surface area (Å²) in [6, 6.07) is 52.1. The fourth-order valence-electron chi connectivity index (χ4n) is 9.31. The van der Waals surface area contributed by atoms with Gasteiger partial charge in [0.15, 0.2) is 0 Å². The molecule has 0 aromatic heterocycles. The molecule has 0 saturated carbocycles. The third kappa shape index (κ3) is 8.35. The number of hydrogen-bond donors (Lipinski definition) is 0. The van der Waals surface area contributed by atoms with Crippen molar-refractivity contribution < 1.29 is 26.3 Å². The Bertz CT molecular complexity index is 2880. The van der Waals surface area contributed by atoms with E-state index in [4.69, 9.17) is 0 Å². The Hall–Kier alpha value is -6.54. The smallest absolute Gasteiger partial charge is 0.310 e. The van der Waals surface area contributed by atoms with Crippen molar-refractivity contribution in [1.82, 2.24) is 0 Å². The lowest BCUT2D eigenvalue weighted by molar-refractivity contribution is -0.288. The van der Waals surface area contributed by atoms with Gasteiger partial charge in [0.1, 0.15) is 0 Å². The van der Waals surface area contributed by atoms with Crippen molar-refractivity contribution in [2.45, 2.75) is 83.0 Å². The van der Waals surface area contributed by atoms with Crippen molar-refractivity contribution in [1.29, 1.82) is 0 Å². The topological polar surface area (TPSA) is 6.48 Å². The summed E-state index contributed by atoms with van der Waals surface area (Å²) in [5.74, 6) is 0. The molecule has 0 fully saturated rings. The molecule has 0 heterocycles. The molecule has 0 saturated heterocycles. The van der Waals surface area contributed by atoms with Crippen molar-refractivity contribution in [3.05, 3.63) is 204 Å². The largest absolute Gasteiger partial charge is 0.411 e. The number of benzene rings is 8. The molecule has 8 aromatic rings. The van der Waals surface area contributed by atoms with Crippen molar-refractivity contribution in [2.75, 3.05) is 9.80 Å². The minimum absolute atomic E-state index is 0.0954. The second kappa shape index (κ2) is 17.1. The van der Waals surface area contributed by atoms with E-state index < -0.39 is 28.9 Å². The lowest BCUT2D eigenvalue weighted by Gasteiger charge is -2.39. The number of hydrogen-bond acceptors (Lipinski definition) is 2. The number of nitrogens with zero attached hydrogens (tertiary/aromatic N) is 2. The van der Waals surface area contributed by atoms with Gasteiger partial charge < -0.3 is 9.80 Å². The first-order valence-corrected chi connectivity index (χ1v) is 22.0. The van der Waals surface area contributed by atoms with Gasteiger partial charge in [-0.1, -0.05) is 169 Å². The molecule has 0 N–H and O–H groups in total. The minimum atomic E-state index is -5.77. The molecule has 65 heavy (non-hydrogen) atoms. The van der Waals surface area contributed by atoms with Crippen LogP contribution < -0.4 is 9.80 Å². The lowest BCUT2D eigenvalue weighted by atomic mass is 9.72. The van der Waals surface area contributed by atoms with E-state index in [0.717, 1.165) is 81.2 Å².